The van der Waals surface area contributed by atoms with Crippen LogP contribution in [0.1, 0.15) is 19.8 Å². The molecule has 0 amide bonds. The molecule has 0 saturated heterocycles. The van der Waals surface area contributed by atoms with Crippen molar-refractivity contribution in [3.8, 4) is 0 Å². The van der Waals surface area contributed by atoms with Crippen LogP contribution in [0.15, 0.2) is 11.6 Å². The maximum Gasteiger partial charge on any atom is 0.506 e. The largest absolute Gasteiger partial charge is 0.506 e. The molecule has 130 valence electrons. The quantitative estimate of drug-likeness (QED) is 0.248. The van der Waals surface area contributed by atoms with E-state index < -0.39 is 20.9 Å². The topological polar surface area (TPSA) is 92.7 Å². The Labute approximate surface area is 132 Å². The molecule has 0 aliphatic heterocycles. The Kier molecular flexibility index (Phi) is 9.68. The number of hydrogen-bond acceptors (Lipinski definition) is 7. The Hall–Kier alpha value is -0.813. The lowest BCUT2D eigenvalue weighted by atomic mass is 10.2. The Morgan fingerprint density at radius 2 is 1.59 bits per heavy atom. The summed E-state index contributed by atoms with van der Waals surface area (Å²) in [6, 6.07) is 0.446. The third-order valence-corrected chi connectivity index (χ3v) is 5.90. The second-order valence-electron chi connectivity index (χ2n) is 4.39. The highest BCUT2D eigenvalue weighted by Crippen LogP contribution is 2.26. The normalized spacial score (nSPS) is 13.5. The number of carboxylic acid groups (broad SMARTS) is 1. The Morgan fingerprint density at radius 3 is 1.95 bits per heavy atom. The lowest BCUT2D eigenvalue weighted by Gasteiger charge is -2.35. The number of rotatable bonds is 12. The van der Waals surface area contributed by atoms with Crippen LogP contribution >= 0.6 is 0 Å². The van der Waals surface area contributed by atoms with Gasteiger partial charge in [0.05, 0.1) is 0 Å². The molecule has 0 radical (unpaired) electrons. The van der Waals surface area contributed by atoms with E-state index in [1.165, 1.54) is 35.5 Å². The van der Waals surface area contributed by atoms with Crippen molar-refractivity contribution in [2.75, 3.05) is 35.5 Å². The van der Waals surface area contributed by atoms with Crippen molar-refractivity contribution < 1.29 is 37.4 Å². The summed E-state index contributed by atoms with van der Waals surface area (Å²) in [5, 5.41) is 8.80. The summed E-state index contributed by atoms with van der Waals surface area (Å²) >= 11 is 0. The molecule has 9 heteroatoms. The first-order valence-electron chi connectivity index (χ1n) is 6.70. The van der Waals surface area contributed by atoms with E-state index in [0.29, 0.717) is 24.5 Å². The van der Waals surface area contributed by atoms with E-state index in [9.17, 15) is 4.79 Å². The van der Waals surface area contributed by atoms with E-state index in [4.69, 9.17) is 32.6 Å². The number of aliphatic carboxylic acids is 1. The van der Waals surface area contributed by atoms with Crippen molar-refractivity contribution >= 4 is 14.8 Å². The van der Waals surface area contributed by atoms with Crippen LogP contribution in [0, 0.1) is 0 Å². The molecule has 0 saturated carbocycles. The Balaban J connectivity index is 4.82. The maximum atomic E-state index is 10.7. The zero-order chi connectivity index (χ0) is 17.2. The first kappa shape index (κ1) is 21.2. The number of ether oxygens (including phenoxy) is 3. The second kappa shape index (κ2) is 10.1. The average Bonchev–Trinajstić information content (AvgIpc) is 2.55. The summed E-state index contributed by atoms with van der Waals surface area (Å²) < 4.78 is 31.8. The molecule has 8 nitrogen and oxygen atoms in total. The number of allylic oxidation sites excluding steroid dienone is 1. The van der Waals surface area contributed by atoms with Crippen LogP contribution in [0.5, 0.6) is 0 Å². The van der Waals surface area contributed by atoms with Crippen LogP contribution in [-0.4, -0.2) is 61.6 Å². The molecule has 0 aromatic rings. The molecule has 0 aliphatic rings. The molecular weight excluding hydrogens is 312 g/mol. The molecule has 0 fully saturated rings. The van der Waals surface area contributed by atoms with E-state index in [1.807, 2.05) is 0 Å². The fourth-order valence-corrected chi connectivity index (χ4v) is 3.82. The van der Waals surface area contributed by atoms with E-state index in [1.54, 1.807) is 13.0 Å². The molecule has 0 spiro atoms. The molecule has 0 unspecified atom stereocenters. The SMILES string of the molecule is COC(OC)(OC)O[Si](CCCC=C(C)C(=O)O)(OC)OC. The van der Waals surface area contributed by atoms with Gasteiger partial charge in [-0.25, -0.2) is 4.79 Å². The van der Waals surface area contributed by atoms with Crippen LogP contribution in [0.2, 0.25) is 6.04 Å². The minimum atomic E-state index is -3.09. The minimum Gasteiger partial charge on any atom is -0.478 e. The predicted octanol–water partition coefficient (Wildman–Crippen LogP) is 1.60. The van der Waals surface area contributed by atoms with Crippen LogP contribution < -0.4 is 0 Å². The zero-order valence-electron chi connectivity index (χ0n) is 14.0. The van der Waals surface area contributed by atoms with E-state index in [0.717, 1.165) is 0 Å². The van der Waals surface area contributed by atoms with Gasteiger partial charge < -0.3 is 28.2 Å². The van der Waals surface area contributed by atoms with Crippen molar-refractivity contribution in [2.45, 2.75) is 32.0 Å². The van der Waals surface area contributed by atoms with Crippen LogP contribution in [0.25, 0.3) is 0 Å². The first-order valence-corrected chi connectivity index (χ1v) is 8.63. The van der Waals surface area contributed by atoms with Gasteiger partial charge >= 0.3 is 20.9 Å². The fraction of sp³-hybridized carbons (Fsp3) is 0.769. The van der Waals surface area contributed by atoms with Gasteiger partial charge in [-0.3, -0.25) is 4.43 Å². The summed E-state index contributed by atoms with van der Waals surface area (Å²) in [6.45, 7) is 1.54. The van der Waals surface area contributed by atoms with Gasteiger partial charge in [0.2, 0.25) is 0 Å². The molecule has 0 heterocycles. The predicted molar refractivity (Wildman–Crippen MR) is 80.0 cm³/mol. The third-order valence-electron chi connectivity index (χ3n) is 3.13. The smallest absolute Gasteiger partial charge is 0.478 e. The second-order valence-corrected chi connectivity index (χ2v) is 7.28. The van der Waals surface area contributed by atoms with Crippen LogP contribution in [0.3, 0.4) is 0 Å². The molecule has 0 aromatic heterocycles. The van der Waals surface area contributed by atoms with E-state index >= 15 is 0 Å². The van der Waals surface area contributed by atoms with Crippen LogP contribution in [0.4, 0.5) is 0 Å². The standard InChI is InChI=1S/C13H26O8Si/c1-11(12(14)15)9-7-8-10-22(19-5,20-6)21-13(16-2,17-3)18-4/h9H,7-8,10H2,1-6H3,(H,14,15). The van der Waals surface area contributed by atoms with Gasteiger partial charge in [0.1, 0.15) is 0 Å². The highest BCUT2D eigenvalue weighted by molar-refractivity contribution is 6.60. The van der Waals surface area contributed by atoms with Gasteiger partial charge in [-0.05, 0) is 19.8 Å². The van der Waals surface area contributed by atoms with Crippen molar-refractivity contribution in [1.82, 2.24) is 0 Å². The molecule has 1 N–H and O–H groups in total. The monoisotopic (exact) mass is 338 g/mol. The number of carbonyl (C=O) groups is 1. The summed E-state index contributed by atoms with van der Waals surface area (Å²) in [5.74, 6) is -0.935. The molecule has 0 bridgehead atoms. The number of unbranched alkanes of at least 4 members (excludes halogenated alkanes) is 1. The first-order chi connectivity index (χ1) is 10.3. The molecular formula is C13H26O8Si. The number of hydrogen-bond donors (Lipinski definition) is 1. The number of methoxy groups -OCH3 is 3. The van der Waals surface area contributed by atoms with Crippen molar-refractivity contribution in [2.24, 2.45) is 0 Å². The van der Waals surface area contributed by atoms with Crippen molar-refractivity contribution in [1.29, 1.82) is 0 Å². The molecule has 22 heavy (non-hydrogen) atoms. The average molecular weight is 338 g/mol. The van der Waals surface area contributed by atoms with Gasteiger partial charge in [-0.2, -0.15) is 0 Å². The highest BCUT2D eigenvalue weighted by Gasteiger charge is 2.49. The fourth-order valence-electron chi connectivity index (χ4n) is 1.71. The summed E-state index contributed by atoms with van der Waals surface area (Å²) in [7, 11) is 3.97. The van der Waals surface area contributed by atoms with Gasteiger partial charge in [0.15, 0.2) is 0 Å². The van der Waals surface area contributed by atoms with Gasteiger partial charge in [0, 0.05) is 47.2 Å². The van der Waals surface area contributed by atoms with E-state index in [2.05, 4.69) is 0 Å². The minimum absolute atomic E-state index is 0.294. The lowest BCUT2D eigenvalue weighted by Crippen LogP contribution is -2.54. The van der Waals surface area contributed by atoms with Gasteiger partial charge in [0.25, 0.3) is 0 Å². The Bertz CT molecular complexity index is 355. The van der Waals surface area contributed by atoms with Crippen molar-refractivity contribution in [3.63, 3.8) is 0 Å². The van der Waals surface area contributed by atoms with Gasteiger partial charge in [-0.1, -0.05) is 6.08 Å². The van der Waals surface area contributed by atoms with Crippen molar-refractivity contribution in [3.05, 3.63) is 11.6 Å². The molecule has 0 aromatic carbocycles. The van der Waals surface area contributed by atoms with E-state index in [-0.39, 0.29) is 0 Å². The highest BCUT2D eigenvalue weighted by atomic mass is 28.4. The summed E-state index contributed by atoms with van der Waals surface area (Å²) in [4.78, 5) is 10.7. The molecule has 0 atom stereocenters. The Morgan fingerprint density at radius 1 is 1.09 bits per heavy atom. The maximum absolute atomic E-state index is 10.7. The third kappa shape index (κ3) is 6.13. The summed E-state index contributed by atoms with van der Waals surface area (Å²) in [6.07, 6.45) is 1.11. The summed E-state index contributed by atoms with van der Waals surface area (Å²) in [5.41, 5.74) is 0.294. The lowest BCUT2D eigenvalue weighted by molar-refractivity contribution is -0.460. The van der Waals surface area contributed by atoms with Crippen LogP contribution in [-0.2, 0) is 32.3 Å². The molecule has 0 aliphatic carbocycles. The van der Waals surface area contributed by atoms with Gasteiger partial charge in [-0.15, -0.1) is 0 Å². The number of carboxylic acids is 1. The molecule has 0 rings (SSSR count). The zero-order valence-corrected chi connectivity index (χ0v) is 15.0.